The first-order valence-electron chi connectivity index (χ1n) is 4.63. The zero-order valence-electron chi connectivity index (χ0n) is 9.36. The molecule has 0 saturated carbocycles. The maximum Gasteiger partial charge on any atom is 0.337 e. The van der Waals surface area contributed by atoms with Gasteiger partial charge in [0.2, 0.25) is 11.7 Å². The van der Waals surface area contributed by atoms with Crippen molar-refractivity contribution in [2.24, 2.45) is 0 Å². The van der Waals surface area contributed by atoms with Crippen molar-refractivity contribution >= 4 is 11.9 Å². The molecule has 0 fully saturated rings. The topological polar surface area (TPSA) is 55.8 Å². The van der Waals surface area contributed by atoms with Gasteiger partial charge in [-0.25, -0.2) is 4.79 Å². The minimum atomic E-state index is -0.992. The molecular weight excluding hydrogens is 198 g/mol. The number of cyclic esters (lactones) is 1. The number of ether oxygens (including phenoxy) is 2. The molecule has 1 aliphatic heterocycles. The summed E-state index contributed by atoms with van der Waals surface area (Å²) in [5, 5.41) is 0. The first-order chi connectivity index (χ1) is 6.80. The van der Waals surface area contributed by atoms with E-state index < -0.39 is 11.8 Å². The van der Waals surface area contributed by atoms with Gasteiger partial charge in [0.15, 0.2) is 0 Å². The van der Waals surface area contributed by atoms with E-state index in [4.69, 9.17) is 9.47 Å². The number of carbonyl (C=O) groups excluding carboxylic acids is 2. The molecule has 0 bridgehead atoms. The maximum atomic E-state index is 11.4. The molecule has 84 valence electrons. The minimum Gasteiger partial charge on any atom is -0.456 e. The number of carbonyl (C=O) groups is 2. The van der Waals surface area contributed by atoms with Gasteiger partial charge in [0.05, 0.1) is 12.5 Å². The number of hydrogen-bond acceptors (Lipinski definition) is 4. The van der Waals surface area contributed by atoms with Gasteiger partial charge in [-0.3, -0.25) is 4.79 Å². The maximum absolute atomic E-state index is 11.4. The Morgan fingerprint density at radius 1 is 1.40 bits per heavy atom. The predicted molar refractivity (Wildman–Crippen MR) is 52.7 cm³/mol. The van der Waals surface area contributed by atoms with Gasteiger partial charge in [0.1, 0.15) is 5.76 Å². The van der Waals surface area contributed by atoms with Crippen molar-refractivity contribution in [2.75, 3.05) is 14.1 Å². The molecule has 1 amide bonds. The quantitative estimate of drug-likeness (QED) is 0.632. The molecular formula is C10H15NO4. The molecule has 0 N–H and O–H groups in total. The van der Waals surface area contributed by atoms with E-state index in [-0.39, 0.29) is 12.3 Å². The lowest BCUT2D eigenvalue weighted by atomic mass is 10.2. The molecule has 1 rings (SSSR count). The fourth-order valence-corrected chi connectivity index (χ4v) is 1.16. The van der Waals surface area contributed by atoms with Crippen LogP contribution in [-0.4, -0.2) is 36.7 Å². The Kier molecular flexibility index (Phi) is 3.02. The highest BCUT2D eigenvalue weighted by molar-refractivity contribution is 5.86. The molecule has 15 heavy (non-hydrogen) atoms. The lowest BCUT2D eigenvalue weighted by Gasteiger charge is -2.30. The van der Waals surface area contributed by atoms with E-state index in [1.54, 1.807) is 27.9 Å². The molecule has 0 atom stereocenters. The van der Waals surface area contributed by atoms with Gasteiger partial charge in [-0.15, -0.1) is 0 Å². The zero-order chi connectivity index (χ0) is 11.6. The summed E-state index contributed by atoms with van der Waals surface area (Å²) in [5.41, 5.74) is 0. The average molecular weight is 213 g/mol. The van der Waals surface area contributed by atoms with E-state index in [9.17, 15) is 9.59 Å². The second kappa shape index (κ2) is 3.92. The number of amides is 1. The van der Waals surface area contributed by atoms with Crippen molar-refractivity contribution in [1.29, 1.82) is 0 Å². The van der Waals surface area contributed by atoms with Crippen LogP contribution in [0.4, 0.5) is 0 Å². The average Bonchev–Trinajstić information content (AvgIpc) is 1.99. The van der Waals surface area contributed by atoms with Crippen molar-refractivity contribution < 1.29 is 19.1 Å². The fraction of sp³-hybridized carbons (Fsp3) is 0.600. The Morgan fingerprint density at radius 2 is 2.00 bits per heavy atom. The second-order valence-corrected chi connectivity index (χ2v) is 4.00. The van der Waals surface area contributed by atoms with Gasteiger partial charge >= 0.3 is 5.97 Å². The third kappa shape index (κ3) is 3.27. The largest absolute Gasteiger partial charge is 0.456 e. The van der Waals surface area contributed by atoms with Crippen molar-refractivity contribution in [2.45, 2.75) is 26.1 Å². The summed E-state index contributed by atoms with van der Waals surface area (Å²) in [4.78, 5) is 24.0. The summed E-state index contributed by atoms with van der Waals surface area (Å²) in [7, 11) is 3.30. The normalized spacial score (nSPS) is 18.7. The summed E-state index contributed by atoms with van der Waals surface area (Å²) in [6.07, 6.45) is 1.28. The molecule has 0 saturated heterocycles. The van der Waals surface area contributed by atoms with E-state index >= 15 is 0 Å². The van der Waals surface area contributed by atoms with Gasteiger partial charge in [-0.05, 0) is 0 Å². The molecule has 0 aromatic carbocycles. The SMILES string of the molecule is CN(C)C(=O)CC1=CC(=O)OC(C)(C)O1. The van der Waals surface area contributed by atoms with E-state index in [1.165, 1.54) is 11.0 Å². The van der Waals surface area contributed by atoms with Gasteiger partial charge in [0.25, 0.3) is 0 Å². The summed E-state index contributed by atoms with van der Waals surface area (Å²) in [5.74, 6) is -1.25. The molecule has 0 unspecified atom stereocenters. The molecule has 0 aromatic rings. The summed E-state index contributed by atoms with van der Waals surface area (Å²) in [6, 6.07) is 0. The van der Waals surface area contributed by atoms with Crippen LogP contribution in [0.25, 0.3) is 0 Å². The molecule has 5 heteroatoms. The molecule has 0 aromatic heterocycles. The van der Waals surface area contributed by atoms with Crippen LogP contribution in [0.5, 0.6) is 0 Å². The van der Waals surface area contributed by atoms with Crippen LogP contribution >= 0.6 is 0 Å². The number of rotatable bonds is 2. The molecule has 1 aliphatic rings. The first-order valence-corrected chi connectivity index (χ1v) is 4.63. The summed E-state index contributed by atoms with van der Waals surface area (Å²) >= 11 is 0. The van der Waals surface area contributed by atoms with E-state index in [1.807, 2.05) is 0 Å². The van der Waals surface area contributed by atoms with Crippen LogP contribution in [0.1, 0.15) is 20.3 Å². The van der Waals surface area contributed by atoms with Crippen LogP contribution in [0.2, 0.25) is 0 Å². The van der Waals surface area contributed by atoms with Crippen LogP contribution in [0.3, 0.4) is 0 Å². The van der Waals surface area contributed by atoms with Gasteiger partial charge in [-0.2, -0.15) is 0 Å². The lowest BCUT2D eigenvalue weighted by Crippen LogP contribution is -2.35. The summed E-state index contributed by atoms with van der Waals surface area (Å²) in [6.45, 7) is 3.25. The molecule has 0 spiro atoms. The van der Waals surface area contributed by atoms with Crippen LogP contribution in [0.15, 0.2) is 11.8 Å². The Bertz CT molecular complexity index is 317. The fourth-order valence-electron chi connectivity index (χ4n) is 1.16. The number of hydrogen-bond donors (Lipinski definition) is 0. The van der Waals surface area contributed by atoms with Gasteiger partial charge in [-0.1, -0.05) is 0 Å². The third-order valence-corrected chi connectivity index (χ3v) is 1.83. The minimum absolute atomic E-state index is 0.0749. The van der Waals surface area contributed by atoms with E-state index in [0.717, 1.165) is 0 Å². The van der Waals surface area contributed by atoms with Crippen LogP contribution in [0, 0.1) is 0 Å². The molecule has 5 nitrogen and oxygen atoms in total. The monoisotopic (exact) mass is 213 g/mol. The third-order valence-electron chi connectivity index (χ3n) is 1.83. The van der Waals surface area contributed by atoms with Crippen molar-refractivity contribution in [3.63, 3.8) is 0 Å². The van der Waals surface area contributed by atoms with Gasteiger partial charge < -0.3 is 14.4 Å². The second-order valence-electron chi connectivity index (χ2n) is 4.00. The van der Waals surface area contributed by atoms with Gasteiger partial charge in [0, 0.05) is 27.9 Å². The standard InChI is InChI=1S/C10H15NO4/c1-10(2)14-7(6-9(13)15-10)5-8(12)11(3)4/h6H,5H2,1-4H3. The molecule has 0 radical (unpaired) electrons. The van der Waals surface area contributed by atoms with Crippen molar-refractivity contribution in [1.82, 2.24) is 4.90 Å². The van der Waals surface area contributed by atoms with E-state index in [0.29, 0.717) is 5.76 Å². The van der Waals surface area contributed by atoms with Crippen LogP contribution in [-0.2, 0) is 19.1 Å². The number of esters is 1. The van der Waals surface area contributed by atoms with E-state index in [2.05, 4.69) is 0 Å². The van der Waals surface area contributed by atoms with Crippen LogP contribution < -0.4 is 0 Å². The molecule has 1 heterocycles. The lowest BCUT2D eigenvalue weighted by molar-refractivity contribution is -0.205. The Hall–Kier alpha value is -1.52. The Balaban J connectivity index is 2.71. The van der Waals surface area contributed by atoms with Crippen molar-refractivity contribution in [3.8, 4) is 0 Å². The summed E-state index contributed by atoms with van der Waals surface area (Å²) < 4.78 is 10.2. The first kappa shape index (κ1) is 11.6. The molecule has 0 aliphatic carbocycles. The highest BCUT2D eigenvalue weighted by Gasteiger charge is 2.30. The predicted octanol–water partition coefficient (Wildman–Crippen LogP) is 0.658. The smallest absolute Gasteiger partial charge is 0.337 e. The Labute approximate surface area is 88.6 Å². The number of nitrogens with zero attached hydrogens (tertiary/aromatic N) is 1. The van der Waals surface area contributed by atoms with Crippen molar-refractivity contribution in [3.05, 3.63) is 11.8 Å². The Morgan fingerprint density at radius 3 is 2.47 bits per heavy atom. The highest BCUT2D eigenvalue weighted by Crippen LogP contribution is 2.23. The zero-order valence-corrected chi connectivity index (χ0v) is 9.36. The highest BCUT2D eigenvalue weighted by atomic mass is 16.7.